The average Bonchev–Trinajstić information content (AvgIpc) is 3.03. The summed E-state index contributed by atoms with van der Waals surface area (Å²) in [6.45, 7) is 6.29. The number of imidazole rings is 1. The molecule has 0 saturated carbocycles. The number of rotatable bonds is 4. The van der Waals surface area contributed by atoms with Crippen LogP contribution in [0.3, 0.4) is 0 Å². The SMILES string of the molecule is Cc1nc2ccc(N3CCN(S(=O)(=O)Cc4ccccc4C)CC3)cc2[nH]1. The molecule has 27 heavy (non-hydrogen) atoms. The van der Waals surface area contributed by atoms with Crippen LogP contribution < -0.4 is 4.90 Å². The summed E-state index contributed by atoms with van der Waals surface area (Å²) in [5, 5.41) is 0. The largest absolute Gasteiger partial charge is 0.369 e. The molecule has 3 aromatic rings. The van der Waals surface area contributed by atoms with E-state index in [1.54, 1.807) is 4.31 Å². The fourth-order valence-corrected chi connectivity index (χ4v) is 5.23. The Labute approximate surface area is 159 Å². The lowest BCUT2D eigenvalue weighted by molar-refractivity contribution is 0.384. The highest BCUT2D eigenvalue weighted by atomic mass is 32.2. The van der Waals surface area contributed by atoms with Gasteiger partial charge in [0.05, 0.1) is 16.8 Å². The number of aromatic amines is 1. The molecule has 1 aromatic heterocycles. The number of aromatic nitrogens is 2. The monoisotopic (exact) mass is 384 g/mol. The van der Waals surface area contributed by atoms with Gasteiger partial charge >= 0.3 is 0 Å². The molecule has 1 saturated heterocycles. The maximum atomic E-state index is 12.8. The Balaban J connectivity index is 1.45. The number of anilines is 1. The molecule has 0 amide bonds. The maximum absolute atomic E-state index is 12.8. The zero-order valence-corrected chi connectivity index (χ0v) is 16.5. The average molecular weight is 385 g/mol. The predicted molar refractivity (Wildman–Crippen MR) is 108 cm³/mol. The fourth-order valence-electron chi connectivity index (χ4n) is 3.61. The topological polar surface area (TPSA) is 69.3 Å². The first-order valence-electron chi connectivity index (χ1n) is 9.16. The van der Waals surface area contributed by atoms with Crippen molar-refractivity contribution in [1.82, 2.24) is 14.3 Å². The summed E-state index contributed by atoms with van der Waals surface area (Å²) in [4.78, 5) is 9.92. The Morgan fingerprint density at radius 1 is 1.04 bits per heavy atom. The number of sulfonamides is 1. The zero-order valence-electron chi connectivity index (χ0n) is 15.6. The lowest BCUT2D eigenvalue weighted by atomic mass is 10.1. The van der Waals surface area contributed by atoms with E-state index in [0.717, 1.165) is 33.7 Å². The van der Waals surface area contributed by atoms with Gasteiger partial charge in [-0.25, -0.2) is 13.4 Å². The second kappa shape index (κ2) is 6.98. The van der Waals surface area contributed by atoms with Crippen LogP contribution >= 0.6 is 0 Å². The van der Waals surface area contributed by atoms with Gasteiger partial charge in [0.2, 0.25) is 10.0 Å². The van der Waals surface area contributed by atoms with E-state index in [2.05, 4.69) is 27.0 Å². The number of nitrogens with one attached hydrogen (secondary N) is 1. The summed E-state index contributed by atoms with van der Waals surface area (Å²) in [5.74, 6) is 0.966. The molecule has 0 atom stereocenters. The van der Waals surface area contributed by atoms with Crippen molar-refractivity contribution in [3.05, 3.63) is 59.4 Å². The van der Waals surface area contributed by atoms with Crippen molar-refractivity contribution in [3.8, 4) is 0 Å². The third-order valence-corrected chi connectivity index (χ3v) is 7.01. The highest BCUT2D eigenvalue weighted by molar-refractivity contribution is 7.88. The fraction of sp³-hybridized carbons (Fsp3) is 0.350. The first kappa shape index (κ1) is 18.0. The van der Waals surface area contributed by atoms with Crippen LogP contribution in [0.15, 0.2) is 42.5 Å². The molecule has 0 radical (unpaired) electrons. The number of H-pyrrole nitrogens is 1. The first-order chi connectivity index (χ1) is 12.9. The number of benzene rings is 2. The van der Waals surface area contributed by atoms with Crippen molar-refractivity contribution < 1.29 is 8.42 Å². The minimum atomic E-state index is -3.31. The van der Waals surface area contributed by atoms with Crippen molar-refractivity contribution >= 4 is 26.7 Å². The number of hydrogen-bond acceptors (Lipinski definition) is 4. The van der Waals surface area contributed by atoms with Crippen LogP contribution in [-0.2, 0) is 15.8 Å². The molecule has 2 heterocycles. The van der Waals surface area contributed by atoms with Crippen molar-refractivity contribution in [1.29, 1.82) is 0 Å². The van der Waals surface area contributed by atoms with Gasteiger partial charge in [-0.2, -0.15) is 4.31 Å². The van der Waals surface area contributed by atoms with E-state index >= 15 is 0 Å². The second-order valence-electron chi connectivity index (χ2n) is 7.09. The normalized spacial score (nSPS) is 16.1. The molecule has 2 aromatic carbocycles. The summed E-state index contributed by atoms with van der Waals surface area (Å²) in [7, 11) is -3.31. The van der Waals surface area contributed by atoms with Crippen LogP contribution in [0.1, 0.15) is 17.0 Å². The van der Waals surface area contributed by atoms with Gasteiger partial charge in [-0.3, -0.25) is 0 Å². The van der Waals surface area contributed by atoms with Crippen LogP contribution in [0.4, 0.5) is 5.69 Å². The Kier molecular flexibility index (Phi) is 4.65. The molecule has 0 aliphatic carbocycles. The molecule has 1 N–H and O–H groups in total. The zero-order chi connectivity index (χ0) is 19.0. The van der Waals surface area contributed by atoms with Gasteiger partial charge in [0.25, 0.3) is 0 Å². The van der Waals surface area contributed by atoms with E-state index in [1.165, 1.54) is 0 Å². The number of fused-ring (bicyclic) bond motifs is 1. The molecule has 0 unspecified atom stereocenters. The molecule has 1 aliphatic heterocycles. The van der Waals surface area contributed by atoms with Gasteiger partial charge in [-0.1, -0.05) is 24.3 Å². The highest BCUT2D eigenvalue weighted by Crippen LogP contribution is 2.23. The summed E-state index contributed by atoms with van der Waals surface area (Å²) >= 11 is 0. The molecule has 0 spiro atoms. The Hall–Kier alpha value is -2.38. The van der Waals surface area contributed by atoms with Crippen LogP contribution in [0.5, 0.6) is 0 Å². The summed E-state index contributed by atoms with van der Waals surface area (Å²) in [6, 6.07) is 13.8. The van der Waals surface area contributed by atoms with E-state index in [1.807, 2.05) is 44.2 Å². The smallest absolute Gasteiger partial charge is 0.218 e. The minimum Gasteiger partial charge on any atom is -0.369 e. The van der Waals surface area contributed by atoms with Gasteiger partial charge in [0.15, 0.2) is 0 Å². The third kappa shape index (κ3) is 3.70. The third-order valence-electron chi connectivity index (χ3n) is 5.18. The number of aryl methyl sites for hydroxylation is 2. The van der Waals surface area contributed by atoms with E-state index in [0.29, 0.717) is 26.2 Å². The number of piperazine rings is 1. The summed E-state index contributed by atoms with van der Waals surface area (Å²) in [6.07, 6.45) is 0. The van der Waals surface area contributed by atoms with Crippen molar-refractivity contribution in [2.24, 2.45) is 0 Å². The van der Waals surface area contributed by atoms with Crippen molar-refractivity contribution in [3.63, 3.8) is 0 Å². The van der Waals surface area contributed by atoms with E-state index in [-0.39, 0.29) is 5.75 Å². The van der Waals surface area contributed by atoms with Crippen molar-refractivity contribution in [2.45, 2.75) is 19.6 Å². The van der Waals surface area contributed by atoms with Gasteiger partial charge in [0, 0.05) is 31.9 Å². The van der Waals surface area contributed by atoms with Gasteiger partial charge in [0.1, 0.15) is 5.82 Å². The predicted octanol–water partition coefficient (Wildman–Crippen LogP) is 2.83. The highest BCUT2D eigenvalue weighted by Gasteiger charge is 2.27. The summed E-state index contributed by atoms with van der Waals surface area (Å²) in [5.41, 5.74) is 4.96. The lowest BCUT2D eigenvalue weighted by Crippen LogP contribution is -2.49. The summed E-state index contributed by atoms with van der Waals surface area (Å²) < 4.78 is 27.3. The minimum absolute atomic E-state index is 0.0685. The molecule has 4 rings (SSSR count). The Bertz CT molecular complexity index is 1070. The Morgan fingerprint density at radius 2 is 1.78 bits per heavy atom. The van der Waals surface area contributed by atoms with Gasteiger partial charge in [-0.05, 0) is 43.2 Å². The van der Waals surface area contributed by atoms with Gasteiger partial charge in [-0.15, -0.1) is 0 Å². The Morgan fingerprint density at radius 3 is 2.52 bits per heavy atom. The van der Waals surface area contributed by atoms with Crippen molar-refractivity contribution in [2.75, 3.05) is 31.1 Å². The quantitative estimate of drug-likeness (QED) is 0.751. The molecule has 1 fully saturated rings. The molecular weight excluding hydrogens is 360 g/mol. The lowest BCUT2D eigenvalue weighted by Gasteiger charge is -2.35. The molecule has 6 nitrogen and oxygen atoms in total. The maximum Gasteiger partial charge on any atom is 0.218 e. The number of nitrogens with zero attached hydrogens (tertiary/aromatic N) is 3. The second-order valence-corrected chi connectivity index (χ2v) is 9.06. The molecular formula is C20H24N4O2S. The molecule has 142 valence electrons. The first-order valence-corrected chi connectivity index (χ1v) is 10.8. The van der Waals surface area contributed by atoms with Crippen LogP contribution in [0.2, 0.25) is 0 Å². The van der Waals surface area contributed by atoms with E-state index < -0.39 is 10.0 Å². The van der Waals surface area contributed by atoms with Crippen LogP contribution in [0.25, 0.3) is 11.0 Å². The van der Waals surface area contributed by atoms with Crippen LogP contribution in [-0.4, -0.2) is 48.9 Å². The molecule has 0 bridgehead atoms. The molecule has 1 aliphatic rings. The molecule has 7 heteroatoms. The number of hydrogen-bond donors (Lipinski definition) is 1. The van der Waals surface area contributed by atoms with Gasteiger partial charge < -0.3 is 9.88 Å². The standard InChI is InChI=1S/C20H24N4O2S/c1-15-5-3-4-6-17(15)14-27(25,26)24-11-9-23(10-12-24)18-7-8-19-20(13-18)22-16(2)21-19/h3-8,13H,9-12,14H2,1-2H3,(H,21,22). The van der Waals surface area contributed by atoms with E-state index in [9.17, 15) is 8.42 Å². The van der Waals surface area contributed by atoms with Crippen LogP contribution in [0, 0.1) is 13.8 Å². The van der Waals surface area contributed by atoms with E-state index in [4.69, 9.17) is 0 Å².